The largest absolute Gasteiger partial charge is 0.328 e. The molecule has 0 radical (unpaired) electrons. The van der Waals surface area contributed by atoms with Gasteiger partial charge in [0.15, 0.2) is 0 Å². The summed E-state index contributed by atoms with van der Waals surface area (Å²) in [5, 5.41) is 8.42. The molecule has 0 saturated heterocycles. The van der Waals surface area contributed by atoms with Crippen LogP contribution in [0.3, 0.4) is 0 Å². The molecule has 6 heteroatoms. The molecule has 0 amide bonds. The summed E-state index contributed by atoms with van der Waals surface area (Å²) in [6.45, 7) is -0.888. The predicted octanol–water partition coefficient (Wildman–Crippen LogP) is -0.622. The molecule has 1 aromatic rings. The third-order valence-electron chi connectivity index (χ3n) is 1.46. The van der Waals surface area contributed by atoms with E-state index in [-0.39, 0.29) is 12.1 Å². The highest BCUT2D eigenvalue weighted by atomic mass is 19.1. The van der Waals surface area contributed by atoms with Crippen LogP contribution in [-0.4, -0.2) is 16.2 Å². The Bertz CT molecular complexity index is 454. The van der Waals surface area contributed by atoms with Crippen molar-refractivity contribution >= 4 is 0 Å². The lowest BCUT2D eigenvalue weighted by atomic mass is 10.4. The van der Waals surface area contributed by atoms with Crippen LogP contribution in [0.2, 0.25) is 0 Å². The minimum atomic E-state index is -0.748. The number of H-pyrrole nitrogens is 1. The molecule has 0 atom stereocenters. The molecular formula is C7H6FN3O2. The first kappa shape index (κ1) is 9.19. The lowest BCUT2D eigenvalue weighted by Crippen LogP contribution is -2.31. The molecule has 0 aromatic carbocycles. The fourth-order valence-electron chi connectivity index (χ4n) is 0.846. The number of halogens is 1. The Kier molecular flexibility index (Phi) is 2.59. The van der Waals surface area contributed by atoms with E-state index in [1.807, 2.05) is 4.98 Å². The first-order chi connectivity index (χ1) is 6.19. The molecule has 1 rings (SSSR count). The SMILES string of the molecule is N#Cc1cn(CCF)c(=O)[nH]c1=O. The van der Waals surface area contributed by atoms with E-state index in [4.69, 9.17) is 5.26 Å². The Labute approximate surface area is 72.1 Å². The van der Waals surface area contributed by atoms with Crippen LogP contribution in [-0.2, 0) is 6.54 Å². The van der Waals surface area contributed by atoms with Crippen molar-refractivity contribution in [1.82, 2.24) is 9.55 Å². The highest BCUT2D eigenvalue weighted by molar-refractivity contribution is 5.21. The summed E-state index contributed by atoms with van der Waals surface area (Å²) in [4.78, 5) is 23.7. The average Bonchev–Trinajstić information content (AvgIpc) is 2.10. The van der Waals surface area contributed by atoms with Crippen LogP contribution >= 0.6 is 0 Å². The molecule has 0 fully saturated rings. The number of hydrogen-bond donors (Lipinski definition) is 1. The molecule has 0 spiro atoms. The van der Waals surface area contributed by atoms with Crippen molar-refractivity contribution in [2.75, 3.05) is 6.67 Å². The molecule has 0 aliphatic carbocycles. The molecular weight excluding hydrogens is 177 g/mol. The summed E-state index contributed by atoms with van der Waals surface area (Å²) in [6.07, 6.45) is 1.04. The Morgan fingerprint density at radius 1 is 1.62 bits per heavy atom. The van der Waals surface area contributed by atoms with Gasteiger partial charge in [0, 0.05) is 6.20 Å². The van der Waals surface area contributed by atoms with Crippen molar-refractivity contribution in [2.24, 2.45) is 0 Å². The smallest absolute Gasteiger partial charge is 0.297 e. The highest BCUT2D eigenvalue weighted by Crippen LogP contribution is 1.84. The van der Waals surface area contributed by atoms with Crippen molar-refractivity contribution in [3.8, 4) is 6.07 Å². The quantitative estimate of drug-likeness (QED) is 0.663. The van der Waals surface area contributed by atoms with Gasteiger partial charge in [-0.3, -0.25) is 14.3 Å². The van der Waals surface area contributed by atoms with E-state index in [0.29, 0.717) is 0 Å². The van der Waals surface area contributed by atoms with Crippen molar-refractivity contribution < 1.29 is 4.39 Å². The van der Waals surface area contributed by atoms with Crippen molar-refractivity contribution in [1.29, 1.82) is 5.26 Å². The summed E-state index contributed by atoms with van der Waals surface area (Å²) >= 11 is 0. The molecule has 0 aliphatic rings. The van der Waals surface area contributed by atoms with Gasteiger partial charge in [0.05, 0.1) is 6.54 Å². The topological polar surface area (TPSA) is 78.7 Å². The number of nitrogens with zero attached hydrogens (tertiary/aromatic N) is 2. The molecule has 1 heterocycles. The lowest BCUT2D eigenvalue weighted by molar-refractivity contribution is 0.436. The number of nitriles is 1. The van der Waals surface area contributed by atoms with Gasteiger partial charge < -0.3 is 0 Å². The zero-order chi connectivity index (χ0) is 9.84. The highest BCUT2D eigenvalue weighted by Gasteiger charge is 2.02. The van der Waals surface area contributed by atoms with Crippen LogP contribution in [0.25, 0.3) is 0 Å². The first-order valence-corrected chi connectivity index (χ1v) is 3.49. The molecule has 5 nitrogen and oxygen atoms in total. The second-order valence-corrected chi connectivity index (χ2v) is 2.30. The monoisotopic (exact) mass is 183 g/mol. The van der Waals surface area contributed by atoms with E-state index in [9.17, 15) is 14.0 Å². The maximum absolute atomic E-state index is 11.9. The number of nitrogens with one attached hydrogen (secondary N) is 1. The van der Waals surface area contributed by atoms with Crippen LogP contribution in [0, 0.1) is 11.3 Å². The predicted molar refractivity (Wildman–Crippen MR) is 42.0 cm³/mol. The molecule has 0 aliphatic heterocycles. The second kappa shape index (κ2) is 3.67. The Morgan fingerprint density at radius 2 is 2.31 bits per heavy atom. The van der Waals surface area contributed by atoms with Gasteiger partial charge >= 0.3 is 5.69 Å². The average molecular weight is 183 g/mol. The van der Waals surface area contributed by atoms with E-state index >= 15 is 0 Å². The lowest BCUT2D eigenvalue weighted by Gasteiger charge is -1.99. The van der Waals surface area contributed by atoms with Crippen LogP contribution in [0.1, 0.15) is 5.56 Å². The summed E-state index contributed by atoms with van der Waals surface area (Å²) in [6, 6.07) is 1.60. The molecule has 1 aromatic heterocycles. The van der Waals surface area contributed by atoms with Gasteiger partial charge in [-0.05, 0) is 0 Å². The van der Waals surface area contributed by atoms with E-state index in [1.165, 1.54) is 0 Å². The first-order valence-electron chi connectivity index (χ1n) is 3.49. The molecule has 0 saturated carbocycles. The van der Waals surface area contributed by atoms with Gasteiger partial charge in [-0.25, -0.2) is 9.18 Å². The van der Waals surface area contributed by atoms with E-state index in [1.54, 1.807) is 6.07 Å². The summed E-state index contributed by atoms with van der Waals surface area (Å²) in [5.74, 6) is 0. The van der Waals surface area contributed by atoms with Crippen molar-refractivity contribution in [3.63, 3.8) is 0 Å². The van der Waals surface area contributed by atoms with E-state index < -0.39 is 17.9 Å². The van der Waals surface area contributed by atoms with Crippen LogP contribution in [0.15, 0.2) is 15.8 Å². The van der Waals surface area contributed by atoms with Gasteiger partial charge in [0.25, 0.3) is 5.56 Å². The van der Waals surface area contributed by atoms with Gasteiger partial charge in [-0.15, -0.1) is 0 Å². The zero-order valence-corrected chi connectivity index (χ0v) is 6.58. The fraction of sp³-hybridized carbons (Fsp3) is 0.286. The standard InChI is InChI=1S/C7H6FN3O2/c8-1-2-11-4-5(3-9)6(12)10-7(11)13/h4H,1-2H2,(H,10,12,13). The van der Waals surface area contributed by atoms with Crippen molar-refractivity contribution in [3.05, 3.63) is 32.6 Å². The summed E-state index contributed by atoms with van der Waals surface area (Å²) < 4.78 is 12.8. The van der Waals surface area contributed by atoms with Crippen LogP contribution in [0.5, 0.6) is 0 Å². The van der Waals surface area contributed by atoms with Crippen LogP contribution in [0.4, 0.5) is 4.39 Å². The number of alkyl halides is 1. The molecule has 68 valence electrons. The third-order valence-corrected chi connectivity index (χ3v) is 1.46. The minimum absolute atomic E-state index is 0.162. The maximum atomic E-state index is 11.9. The third kappa shape index (κ3) is 1.82. The number of rotatable bonds is 2. The molecule has 13 heavy (non-hydrogen) atoms. The maximum Gasteiger partial charge on any atom is 0.328 e. The second-order valence-electron chi connectivity index (χ2n) is 2.30. The Morgan fingerprint density at radius 3 is 2.85 bits per heavy atom. The molecule has 0 unspecified atom stereocenters. The number of aryl methyl sites for hydroxylation is 1. The van der Waals surface area contributed by atoms with Gasteiger partial charge in [-0.2, -0.15) is 5.26 Å². The Balaban J connectivity index is 3.33. The molecule has 1 N–H and O–H groups in total. The molecule has 0 bridgehead atoms. The summed E-state index contributed by atoms with van der Waals surface area (Å²) in [5.41, 5.74) is -1.66. The van der Waals surface area contributed by atoms with Gasteiger partial charge in [0.2, 0.25) is 0 Å². The Hall–Kier alpha value is -1.90. The number of aromatic nitrogens is 2. The van der Waals surface area contributed by atoms with Crippen LogP contribution < -0.4 is 11.2 Å². The van der Waals surface area contributed by atoms with E-state index in [0.717, 1.165) is 10.8 Å². The zero-order valence-electron chi connectivity index (χ0n) is 6.58. The van der Waals surface area contributed by atoms with Gasteiger partial charge in [-0.1, -0.05) is 0 Å². The fourth-order valence-corrected chi connectivity index (χ4v) is 0.846. The normalized spacial score (nSPS) is 9.54. The van der Waals surface area contributed by atoms with E-state index in [2.05, 4.69) is 0 Å². The van der Waals surface area contributed by atoms with Gasteiger partial charge in [0.1, 0.15) is 18.3 Å². The minimum Gasteiger partial charge on any atom is -0.297 e. The summed E-state index contributed by atoms with van der Waals surface area (Å²) in [7, 11) is 0. The number of aromatic amines is 1. The van der Waals surface area contributed by atoms with Crippen molar-refractivity contribution in [2.45, 2.75) is 6.54 Å². The number of hydrogen-bond acceptors (Lipinski definition) is 3.